The number of nitro groups is 1. The normalized spacial score (nSPS) is 22.3. The molecule has 2 heterocycles. The molecule has 0 saturated carbocycles. The minimum absolute atomic E-state index is 0.0276. The van der Waals surface area contributed by atoms with Crippen molar-refractivity contribution in [2.24, 2.45) is 0 Å². The van der Waals surface area contributed by atoms with Gasteiger partial charge in [0.05, 0.1) is 11.0 Å². The van der Waals surface area contributed by atoms with Gasteiger partial charge < -0.3 is 9.64 Å². The summed E-state index contributed by atoms with van der Waals surface area (Å²) in [6.07, 6.45) is 1.49. The number of carbonyl (C=O) groups is 2. The van der Waals surface area contributed by atoms with Crippen LogP contribution in [0.3, 0.4) is 0 Å². The maximum absolute atomic E-state index is 12.5. The Bertz CT molecular complexity index is 672. The third-order valence-electron chi connectivity index (χ3n) is 4.06. The first-order valence-corrected chi connectivity index (χ1v) is 7.14. The van der Waals surface area contributed by atoms with Crippen molar-refractivity contribution < 1.29 is 19.2 Å². The highest BCUT2D eigenvalue weighted by molar-refractivity contribution is 6.03. The maximum Gasteiger partial charge on any atom is 0.410 e. The zero-order valence-electron chi connectivity index (χ0n) is 12.3. The van der Waals surface area contributed by atoms with Crippen LogP contribution in [0.4, 0.5) is 16.2 Å². The van der Waals surface area contributed by atoms with Gasteiger partial charge in [-0.15, -0.1) is 0 Å². The number of carbonyl (C=O) groups excluding carboxylic acids is 2. The van der Waals surface area contributed by atoms with Gasteiger partial charge in [0.2, 0.25) is 5.91 Å². The number of ether oxygens (including phenoxy) is 1. The van der Waals surface area contributed by atoms with Crippen LogP contribution < -0.4 is 4.90 Å². The van der Waals surface area contributed by atoms with E-state index in [0.29, 0.717) is 18.7 Å². The molecule has 2 aliphatic heterocycles. The highest BCUT2D eigenvalue weighted by atomic mass is 16.6. The monoisotopic (exact) mass is 317 g/mol. The van der Waals surface area contributed by atoms with Gasteiger partial charge in [-0.3, -0.25) is 19.8 Å². The maximum atomic E-state index is 12.5. The van der Waals surface area contributed by atoms with E-state index in [0.717, 1.165) is 0 Å². The van der Waals surface area contributed by atoms with Gasteiger partial charge in [0.1, 0.15) is 12.6 Å². The summed E-state index contributed by atoms with van der Waals surface area (Å²) in [6.45, 7) is 3.97. The number of nitro benzene ring substituents is 1. The Morgan fingerprint density at radius 1 is 1.43 bits per heavy atom. The minimum Gasteiger partial charge on any atom is -0.445 e. The molecular weight excluding hydrogens is 302 g/mol. The van der Waals surface area contributed by atoms with Crippen LogP contribution in [0.25, 0.3) is 0 Å². The summed E-state index contributed by atoms with van der Waals surface area (Å²) in [5, 5.41) is 10.7. The first-order chi connectivity index (χ1) is 11.0. The van der Waals surface area contributed by atoms with E-state index < -0.39 is 17.1 Å². The summed E-state index contributed by atoms with van der Waals surface area (Å²) in [7, 11) is 0. The zero-order valence-corrected chi connectivity index (χ0v) is 12.3. The number of anilines is 1. The molecule has 8 nitrogen and oxygen atoms in total. The van der Waals surface area contributed by atoms with E-state index in [1.54, 1.807) is 17.0 Å². The highest BCUT2D eigenvalue weighted by Gasteiger charge is 2.52. The molecule has 1 aromatic rings. The fourth-order valence-corrected chi connectivity index (χ4v) is 3.06. The SMILES string of the molecule is C=CCOC(=O)N1C[C@@H]2C[C@H]1C(=O)N2c1ccc([N+](=O)[O-])cc1. The highest BCUT2D eigenvalue weighted by Crippen LogP contribution is 2.36. The van der Waals surface area contributed by atoms with Gasteiger partial charge in [-0.2, -0.15) is 0 Å². The van der Waals surface area contributed by atoms with E-state index in [1.807, 2.05) is 0 Å². The predicted molar refractivity (Wildman–Crippen MR) is 81.0 cm³/mol. The number of hydrogen-bond acceptors (Lipinski definition) is 5. The number of amides is 2. The van der Waals surface area contributed by atoms with E-state index in [2.05, 4.69) is 6.58 Å². The molecule has 2 saturated heterocycles. The molecule has 0 unspecified atom stereocenters. The van der Waals surface area contributed by atoms with Crippen molar-refractivity contribution in [1.29, 1.82) is 0 Å². The lowest BCUT2D eigenvalue weighted by atomic mass is 10.2. The van der Waals surface area contributed by atoms with Crippen molar-refractivity contribution in [3.63, 3.8) is 0 Å². The number of piperazine rings is 1. The number of rotatable bonds is 4. The molecule has 0 spiro atoms. The molecule has 120 valence electrons. The van der Waals surface area contributed by atoms with Gasteiger partial charge in [-0.25, -0.2) is 4.79 Å². The summed E-state index contributed by atoms with van der Waals surface area (Å²) in [5.74, 6) is -0.189. The Morgan fingerprint density at radius 2 is 2.13 bits per heavy atom. The lowest BCUT2D eigenvalue weighted by Gasteiger charge is -2.33. The molecule has 3 rings (SSSR count). The Hall–Kier alpha value is -2.90. The lowest BCUT2D eigenvalue weighted by molar-refractivity contribution is -0.384. The van der Waals surface area contributed by atoms with Crippen molar-refractivity contribution in [2.75, 3.05) is 18.1 Å². The minimum atomic E-state index is -0.535. The number of non-ortho nitro benzene ring substituents is 1. The molecule has 0 radical (unpaired) electrons. The van der Waals surface area contributed by atoms with Crippen LogP contribution >= 0.6 is 0 Å². The number of hydrogen-bond donors (Lipinski definition) is 0. The summed E-state index contributed by atoms with van der Waals surface area (Å²) in [4.78, 5) is 37.6. The van der Waals surface area contributed by atoms with Crippen molar-refractivity contribution in [3.05, 3.63) is 47.0 Å². The van der Waals surface area contributed by atoms with Crippen LogP contribution in [-0.2, 0) is 9.53 Å². The van der Waals surface area contributed by atoms with Crippen molar-refractivity contribution in [2.45, 2.75) is 18.5 Å². The van der Waals surface area contributed by atoms with Crippen LogP contribution in [-0.4, -0.2) is 47.1 Å². The quantitative estimate of drug-likeness (QED) is 0.479. The Morgan fingerprint density at radius 3 is 2.70 bits per heavy atom. The van der Waals surface area contributed by atoms with E-state index in [-0.39, 0.29) is 24.2 Å². The molecule has 2 amide bonds. The fourth-order valence-electron chi connectivity index (χ4n) is 3.06. The molecule has 0 aliphatic carbocycles. The number of benzene rings is 1. The average Bonchev–Trinajstić information content (AvgIpc) is 3.10. The summed E-state index contributed by atoms with van der Waals surface area (Å²) < 4.78 is 4.98. The first kappa shape index (κ1) is 15.0. The molecular formula is C15H15N3O5. The standard InChI is InChI=1S/C15H15N3O5/c1-2-7-23-15(20)16-9-12-8-13(16)14(19)17(12)10-3-5-11(6-4-10)18(21)22/h2-6,12-13H,1,7-9H2/t12-,13-/m0/s1. The van der Waals surface area contributed by atoms with E-state index in [4.69, 9.17) is 4.74 Å². The second-order valence-corrected chi connectivity index (χ2v) is 5.41. The smallest absolute Gasteiger partial charge is 0.410 e. The average molecular weight is 317 g/mol. The Balaban J connectivity index is 1.74. The molecule has 0 aromatic heterocycles. The predicted octanol–water partition coefficient (Wildman–Crippen LogP) is 1.71. The van der Waals surface area contributed by atoms with E-state index in [1.165, 1.54) is 23.1 Å². The molecule has 2 atom stereocenters. The van der Waals surface area contributed by atoms with Crippen LogP contribution in [0.2, 0.25) is 0 Å². The lowest BCUT2D eigenvalue weighted by Crippen LogP contribution is -2.52. The second-order valence-electron chi connectivity index (χ2n) is 5.41. The topological polar surface area (TPSA) is 93.0 Å². The molecule has 1 aromatic carbocycles. The van der Waals surface area contributed by atoms with Crippen LogP contribution in [0.5, 0.6) is 0 Å². The van der Waals surface area contributed by atoms with Gasteiger partial charge in [0, 0.05) is 24.4 Å². The Kier molecular flexibility index (Phi) is 3.73. The molecule has 2 aliphatic rings. The zero-order chi connectivity index (χ0) is 16.6. The number of likely N-dealkylation sites (tertiary alicyclic amines) is 1. The van der Waals surface area contributed by atoms with Gasteiger partial charge >= 0.3 is 6.09 Å². The van der Waals surface area contributed by atoms with Gasteiger partial charge in [0.25, 0.3) is 5.69 Å². The number of fused-ring (bicyclic) bond motifs is 2. The van der Waals surface area contributed by atoms with Gasteiger partial charge in [-0.1, -0.05) is 12.7 Å². The fraction of sp³-hybridized carbons (Fsp3) is 0.333. The molecule has 0 N–H and O–H groups in total. The molecule has 8 heteroatoms. The molecule has 23 heavy (non-hydrogen) atoms. The largest absolute Gasteiger partial charge is 0.445 e. The van der Waals surface area contributed by atoms with E-state index >= 15 is 0 Å². The van der Waals surface area contributed by atoms with E-state index in [9.17, 15) is 19.7 Å². The summed E-state index contributed by atoms with van der Waals surface area (Å²) in [6, 6.07) is 5.17. The van der Waals surface area contributed by atoms with Crippen molar-refractivity contribution >= 4 is 23.4 Å². The third kappa shape index (κ3) is 2.52. The van der Waals surface area contributed by atoms with Crippen molar-refractivity contribution in [3.8, 4) is 0 Å². The molecule has 2 fully saturated rings. The Labute approximate surface area is 132 Å². The second kappa shape index (κ2) is 5.71. The van der Waals surface area contributed by atoms with Crippen molar-refractivity contribution in [1.82, 2.24) is 4.90 Å². The van der Waals surface area contributed by atoms with Crippen LogP contribution in [0, 0.1) is 10.1 Å². The summed E-state index contributed by atoms with van der Waals surface area (Å²) in [5.41, 5.74) is 0.576. The summed E-state index contributed by atoms with van der Waals surface area (Å²) >= 11 is 0. The molecule has 2 bridgehead atoms. The third-order valence-corrected chi connectivity index (χ3v) is 4.06. The number of nitrogens with zero attached hydrogens (tertiary/aromatic N) is 3. The van der Waals surface area contributed by atoms with Crippen LogP contribution in [0.15, 0.2) is 36.9 Å². The van der Waals surface area contributed by atoms with Gasteiger partial charge in [-0.05, 0) is 18.6 Å². The van der Waals surface area contributed by atoms with Crippen LogP contribution in [0.1, 0.15) is 6.42 Å². The first-order valence-electron chi connectivity index (χ1n) is 7.14. The van der Waals surface area contributed by atoms with Gasteiger partial charge in [0.15, 0.2) is 0 Å².